The lowest BCUT2D eigenvalue weighted by Gasteiger charge is -2.17. The van der Waals surface area contributed by atoms with Crippen molar-refractivity contribution in [1.82, 2.24) is 0 Å². The Kier molecular flexibility index (Phi) is 4.12. The molecule has 0 aromatic heterocycles. The number of ether oxygens (including phenoxy) is 1. The van der Waals surface area contributed by atoms with Crippen LogP contribution >= 0.6 is 11.6 Å². The molecule has 1 aliphatic rings. The van der Waals surface area contributed by atoms with Crippen LogP contribution in [0.1, 0.15) is 36.5 Å². The standard InChI is InChI=1S/C14H18ClNO2/c1-9(7-10-3-4-10)16-13-6-5-11(15)8-12(13)14(17)18-2/h5-6,8-10,16H,3-4,7H2,1-2H3. The van der Waals surface area contributed by atoms with Crippen LogP contribution < -0.4 is 5.32 Å². The fraction of sp³-hybridized carbons (Fsp3) is 0.500. The molecule has 1 atom stereocenters. The summed E-state index contributed by atoms with van der Waals surface area (Å²) >= 11 is 5.91. The van der Waals surface area contributed by atoms with E-state index < -0.39 is 0 Å². The summed E-state index contributed by atoms with van der Waals surface area (Å²) < 4.78 is 4.77. The molecule has 1 N–H and O–H groups in total. The van der Waals surface area contributed by atoms with Crippen molar-refractivity contribution >= 4 is 23.3 Å². The van der Waals surface area contributed by atoms with Crippen LogP contribution in [0, 0.1) is 5.92 Å². The maximum Gasteiger partial charge on any atom is 0.340 e. The van der Waals surface area contributed by atoms with Gasteiger partial charge in [0.25, 0.3) is 0 Å². The molecule has 18 heavy (non-hydrogen) atoms. The Hall–Kier alpha value is -1.22. The third-order valence-electron chi connectivity index (χ3n) is 3.17. The molecule has 0 spiro atoms. The zero-order chi connectivity index (χ0) is 13.1. The molecule has 0 aliphatic heterocycles. The summed E-state index contributed by atoms with van der Waals surface area (Å²) in [5, 5.41) is 3.90. The minimum atomic E-state index is -0.362. The molecule has 1 aromatic rings. The average Bonchev–Trinajstić information content (AvgIpc) is 3.14. The first-order valence-electron chi connectivity index (χ1n) is 6.24. The summed E-state index contributed by atoms with van der Waals surface area (Å²) in [6.45, 7) is 2.13. The molecule has 0 amide bonds. The topological polar surface area (TPSA) is 38.3 Å². The van der Waals surface area contributed by atoms with Crippen LogP contribution in [0.4, 0.5) is 5.69 Å². The number of carbonyl (C=O) groups is 1. The van der Waals surface area contributed by atoms with E-state index in [1.807, 2.05) is 6.07 Å². The van der Waals surface area contributed by atoms with Gasteiger partial charge in [-0.25, -0.2) is 4.79 Å². The second kappa shape index (κ2) is 5.61. The van der Waals surface area contributed by atoms with Gasteiger partial charge in [0.2, 0.25) is 0 Å². The molecular weight excluding hydrogens is 250 g/mol. The Morgan fingerprint density at radius 2 is 2.28 bits per heavy atom. The van der Waals surface area contributed by atoms with Gasteiger partial charge in [0.1, 0.15) is 0 Å². The molecule has 1 aromatic carbocycles. The van der Waals surface area contributed by atoms with Gasteiger partial charge in [0.15, 0.2) is 0 Å². The molecule has 4 heteroatoms. The van der Waals surface area contributed by atoms with Crippen molar-refractivity contribution in [3.63, 3.8) is 0 Å². The maximum atomic E-state index is 11.7. The second-order valence-electron chi connectivity index (χ2n) is 4.91. The zero-order valence-electron chi connectivity index (χ0n) is 10.7. The highest BCUT2D eigenvalue weighted by molar-refractivity contribution is 6.31. The van der Waals surface area contributed by atoms with Crippen LogP contribution in [-0.2, 0) is 4.74 Å². The van der Waals surface area contributed by atoms with E-state index in [2.05, 4.69) is 12.2 Å². The fourth-order valence-corrected chi connectivity index (χ4v) is 2.27. The first kappa shape index (κ1) is 13.2. The number of hydrogen-bond donors (Lipinski definition) is 1. The Morgan fingerprint density at radius 1 is 1.56 bits per heavy atom. The number of benzene rings is 1. The summed E-state index contributed by atoms with van der Waals surface area (Å²) in [6.07, 6.45) is 3.80. The van der Waals surface area contributed by atoms with Gasteiger partial charge in [0, 0.05) is 16.8 Å². The van der Waals surface area contributed by atoms with Crippen LogP contribution in [0.25, 0.3) is 0 Å². The molecule has 1 unspecified atom stereocenters. The van der Waals surface area contributed by atoms with E-state index in [4.69, 9.17) is 16.3 Å². The van der Waals surface area contributed by atoms with Crippen LogP contribution in [0.2, 0.25) is 5.02 Å². The van der Waals surface area contributed by atoms with Gasteiger partial charge in [-0.1, -0.05) is 24.4 Å². The molecule has 98 valence electrons. The molecule has 0 saturated heterocycles. The predicted octanol–water partition coefficient (Wildman–Crippen LogP) is 3.73. The van der Waals surface area contributed by atoms with Crippen molar-refractivity contribution in [1.29, 1.82) is 0 Å². The van der Waals surface area contributed by atoms with Crippen LogP contribution in [0.15, 0.2) is 18.2 Å². The number of rotatable bonds is 5. The first-order chi connectivity index (χ1) is 8.60. The average molecular weight is 268 g/mol. The summed E-state index contributed by atoms with van der Waals surface area (Å²) in [5.41, 5.74) is 1.28. The molecule has 0 heterocycles. The predicted molar refractivity (Wildman–Crippen MR) is 73.2 cm³/mol. The van der Waals surface area contributed by atoms with Gasteiger partial charge in [-0.15, -0.1) is 0 Å². The molecule has 3 nitrogen and oxygen atoms in total. The molecular formula is C14H18ClNO2. The minimum absolute atomic E-state index is 0.349. The van der Waals surface area contributed by atoms with Gasteiger partial charge in [-0.2, -0.15) is 0 Å². The van der Waals surface area contributed by atoms with Crippen molar-refractivity contribution in [3.8, 4) is 0 Å². The highest BCUT2D eigenvalue weighted by Crippen LogP contribution is 2.34. The number of carbonyl (C=O) groups excluding carboxylic acids is 1. The van der Waals surface area contributed by atoms with Crippen LogP contribution in [-0.4, -0.2) is 19.1 Å². The highest BCUT2D eigenvalue weighted by atomic mass is 35.5. The molecule has 1 saturated carbocycles. The zero-order valence-corrected chi connectivity index (χ0v) is 11.5. The monoisotopic (exact) mass is 267 g/mol. The lowest BCUT2D eigenvalue weighted by molar-refractivity contribution is 0.0602. The Bertz CT molecular complexity index is 443. The van der Waals surface area contributed by atoms with Crippen molar-refractivity contribution in [3.05, 3.63) is 28.8 Å². The number of methoxy groups -OCH3 is 1. The number of hydrogen-bond acceptors (Lipinski definition) is 3. The maximum absolute atomic E-state index is 11.7. The lowest BCUT2D eigenvalue weighted by atomic mass is 10.1. The van der Waals surface area contributed by atoms with E-state index in [0.29, 0.717) is 16.6 Å². The van der Waals surface area contributed by atoms with Gasteiger partial charge in [-0.05, 0) is 37.5 Å². The molecule has 2 rings (SSSR count). The quantitative estimate of drug-likeness (QED) is 0.826. The first-order valence-corrected chi connectivity index (χ1v) is 6.62. The Morgan fingerprint density at radius 3 is 2.89 bits per heavy atom. The van der Waals surface area contributed by atoms with Crippen LogP contribution in [0.5, 0.6) is 0 Å². The number of halogens is 1. The van der Waals surface area contributed by atoms with E-state index in [1.165, 1.54) is 20.0 Å². The lowest BCUT2D eigenvalue weighted by Crippen LogP contribution is -2.18. The molecule has 1 aliphatic carbocycles. The van der Waals surface area contributed by atoms with Gasteiger partial charge < -0.3 is 10.1 Å². The van der Waals surface area contributed by atoms with Gasteiger partial charge in [-0.3, -0.25) is 0 Å². The summed E-state index contributed by atoms with van der Waals surface area (Å²) in [7, 11) is 1.38. The normalized spacial score (nSPS) is 16.2. The second-order valence-corrected chi connectivity index (χ2v) is 5.34. The van der Waals surface area contributed by atoms with Crippen molar-refractivity contribution in [2.24, 2.45) is 5.92 Å². The van der Waals surface area contributed by atoms with Crippen molar-refractivity contribution in [2.45, 2.75) is 32.2 Å². The van der Waals surface area contributed by atoms with Crippen molar-refractivity contribution < 1.29 is 9.53 Å². The summed E-state index contributed by atoms with van der Waals surface area (Å²) in [5.74, 6) is 0.486. The summed E-state index contributed by atoms with van der Waals surface area (Å²) in [4.78, 5) is 11.7. The molecule has 1 fully saturated rings. The van der Waals surface area contributed by atoms with Gasteiger partial charge >= 0.3 is 5.97 Å². The Balaban J connectivity index is 2.12. The van der Waals surface area contributed by atoms with E-state index >= 15 is 0 Å². The number of anilines is 1. The van der Waals surface area contributed by atoms with E-state index in [1.54, 1.807) is 12.1 Å². The van der Waals surface area contributed by atoms with Gasteiger partial charge in [0.05, 0.1) is 12.7 Å². The Labute approximate surface area is 112 Å². The number of esters is 1. The molecule has 0 radical (unpaired) electrons. The van der Waals surface area contributed by atoms with E-state index in [9.17, 15) is 4.79 Å². The smallest absolute Gasteiger partial charge is 0.340 e. The summed E-state index contributed by atoms with van der Waals surface area (Å²) in [6, 6.07) is 5.60. The van der Waals surface area contributed by atoms with E-state index in [0.717, 1.165) is 18.0 Å². The SMILES string of the molecule is COC(=O)c1cc(Cl)ccc1NC(C)CC1CC1. The third kappa shape index (κ3) is 3.39. The van der Waals surface area contributed by atoms with E-state index in [-0.39, 0.29) is 5.97 Å². The van der Waals surface area contributed by atoms with Crippen LogP contribution in [0.3, 0.4) is 0 Å². The largest absolute Gasteiger partial charge is 0.465 e. The third-order valence-corrected chi connectivity index (χ3v) is 3.41. The minimum Gasteiger partial charge on any atom is -0.465 e. The molecule has 0 bridgehead atoms. The highest BCUT2D eigenvalue weighted by Gasteiger charge is 2.24. The fourth-order valence-electron chi connectivity index (χ4n) is 2.10. The number of nitrogens with one attached hydrogen (secondary N) is 1. The van der Waals surface area contributed by atoms with Crippen molar-refractivity contribution in [2.75, 3.05) is 12.4 Å².